The molecule has 9 nitrogen and oxygen atoms in total. The van der Waals surface area contributed by atoms with Crippen LogP contribution in [0.5, 0.6) is 0 Å². The van der Waals surface area contributed by atoms with Gasteiger partial charge in [0.1, 0.15) is 11.5 Å². The summed E-state index contributed by atoms with van der Waals surface area (Å²) < 4.78 is 21.6. The molecule has 1 aliphatic carbocycles. The number of halogens is 3. The quantitative estimate of drug-likeness (QED) is 0.384. The molecule has 42 heavy (non-hydrogen) atoms. The van der Waals surface area contributed by atoms with E-state index in [1.54, 1.807) is 12.1 Å². The van der Waals surface area contributed by atoms with E-state index in [0.717, 1.165) is 12.8 Å². The number of nitrogens with two attached hydrogens (primary N) is 1. The fourth-order valence-corrected chi connectivity index (χ4v) is 8.05. The Morgan fingerprint density at radius 3 is 2.55 bits per heavy atom. The summed E-state index contributed by atoms with van der Waals surface area (Å²) in [6.45, 7) is 4.49. The van der Waals surface area contributed by atoms with E-state index in [1.807, 2.05) is 6.07 Å². The van der Waals surface area contributed by atoms with Gasteiger partial charge in [-0.25, -0.2) is 9.37 Å². The summed E-state index contributed by atoms with van der Waals surface area (Å²) in [5, 5.41) is 9.81. The van der Waals surface area contributed by atoms with Gasteiger partial charge in [0.2, 0.25) is 17.7 Å². The lowest BCUT2D eigenvalue weighted by Crippen LogP contribution is -2.61. The minimum absolute atomic E-state index is 0.0312. The van der Waals surface area contributed by atoms with Crippen LogP contribution in [0.1, 0.15) is 69.4 Å². The Morgan fingerprint density at radius 1 is 1.14 bits per heavy atom. The van der Waals surface area contributed by atoms with Crippen LogP contribution in [0, 0.1) is 11.2 Å². The second-order valence-corrected chi connectivity index (χ2v) is 13.6. The topological polar surface area (TPSA) is 135 Å². The van der Waals surface area contributed by atoms with Crippen LogP contribution >= 0.6 is 23.2 Å². The molecule has 3 fully saturated rings. The van der Waals surface area contributed by atoms with Gasteiger partial charge in [-0.2, -0.15) is 0 Å². The van der Waals surface area contributed by atoms with Crippen LogP contribution in [-0.2, 0) is 24.5 Å². The lowest BCUT2D eigenvalue weighted by Gasteiger charge is -2.50. The second-order valence-electron chi connectivity index (χ2n) is 12.8. The maximum Gasteiger partial charge on any atom is 0.246 e. The van der Waals surface area contributed by atoms with Crippen molar-refractivity contribution in [1.82, 2.24) is 15.6 Å². The molecule has 224 valence electrons. The van der Waals surface area contributed by atoms with Gasteiger partial charge in [0.15, 0.2) is 11.0 Å². The molecule has 4 heterocycles. The number of benzene rings is 1. The van der Waals surface area contributed by atoms with Crippen LogP contribution in [0.25, 0.3) is 0 Å². The van der Waals surface area contributed by atoms with Crippen molar-refractivity contribution in [2.75, 3.05) is 11.9 Å². The third kappa shape index (κ3) is 4.49. The molecule has 4 aliphatic rings. The lowest BCUT2D eigenvalue weighted by molar-refractivity contribution is -0.134. The summed E-state index contributed by atoms with van der Waals surface area (Å²) in [5.41, 5.74) is 4.54. The number of fused-ring (bicyclic) bond motifs is 3. The van der Waals surface area contributed by atoms with E-state index in [1.165, 1.54) is 12.3 Å². The molecule has 6 rings (SSSR count). The first-order chi connectivity index (χ1) is 19.9. The van der Waals surface area contributed by atoms with E-state index >= 15 is 4.39 Å². The van der Waals surface area contributed by atoms with E-state index in [4.69, 9.17) is 33.7 Å². The Kier molecular flexibility index (Phi) is 7.28. The summed E-state index contributed by atoms with van der Waals surface area (Å²) in [5.74, 6) is -2.99. The van der Waals surface area contributed by atoms with Crippen molar-refractivity contribution in [3.63, 3.8) is 0 Å². The van der Waals surface area contributed by atoms with Crippen molar-refractivity contribution in [2.45, 2.75) is 87.4 Å². The van der Waals surface area contributed by atoms with E-state index in [-0.39, 0.29) is 34.7 Å². The SMILES string of the molecule is CC1(C)CCC2(CC1)N[C@H](C(=O)N[C@H]1CC[C@H](C(N)=O)OC1)[C@@H](c1ccnc(Cl)c1F)[C@@]21C(=O)Nc2cc(Cl)ccc21. The van der Waals surface area contributed by atoms with E-state index in [2.05, 4.69) is 34.8 Å². The van der Waals surface area contributed by atoms with Crippen LogP contribution in [0.4, 0.5) is 10.1 Å². The monoisotopic (exact) mass is 617 g/mol. The maximum absolute atomic E-state index is 16.0. The molecule has 0 radical (unpaired) electrons. The molecule has 3 amide bonds. The van der Waals surface area contributed by atoms with Crippen LogP contribution in [0.15, 0.2) is 30.5 Å². The number of anilines is 1. The van der Waals surface area contributed by atoms with Crippen molar-refractivity contribution >= 4 is 46.6 Å². The molecule has 5 N–H and O–H groups in total. The highest BCUT2D eigenvalue weighted by Gasteiger charge is 2.73. The largest absolute Gasteiger partial charge is 0.367 e. The van der Waals surface area contributed by atoms with Gasteiger partial charge in [-0.3, -0.25) is 19.7 Å². The van der Waals surface area contributed by atoms with Crippen LogP contribution in [0.3, 0.4) is 0 Å². The average molecular weight is 619 g/mol. The number of hydrogen-bond donors (Lipinski definition) is 4. The Bertz CT molecular complexity index is 1450. The molecule has 1 aromatic carbocycles. The standard InChI is InChI=1S/C30H34Cl2FN5O4/c1-28(2)8-10-29(11-9-28)30(18-5-3-15(31)13-19(18)37-27(30)41)21(17-7-12-35-24(32)22(17)33)23(38-29)26(40)36-16-4-6-20(25(34)39)42-14-16/h3,5,7,12-13,16,20-21,23,38H,4,6,8-11,14H2,1-2H3,(H2,34,39)(H,36,40)(H,37,41)/t16-,20+,21+,23-,30-/m0/s1. The molecule has 0 bridgehead atoms. The number of hydrogen-bond acceptors (Lipinski definition) is 6. The molecule has 1 saturated carbocycles. The lowest BCUT2D eigenvalue weighted by atomic mass is 9.53. The predicted octanol–water partition coefficient (Wildman–Crippen LogP) is 3.96. The summed E-state index contributed by atoms with van der Waals surface area (Å²) in [6.07, 6.45) is 4.31. The number of primary amides is 1. The van der Waals surface area contributed by atoms with Gasteiger partial charge in [0.05, 0.1) is 18.7 Å². The van der Waals surface area contributed by atoms with Gasteiger partial charge in [-0.15, -0.1) is 0 Å². The van der Waals surface area contributed by atoms with Crippen molar-refractivity contribution < 1.29 is 23.5 Å². The highest BCUT2D eigenvalue weighted by Crippen LogP contribution is 2.64. The molecular weight excluding hydrogens is 584 g/mol. The zero-order valence-corrected chi connectivity index (χ0v) is 24.9. The number of ether oxygens (including phenoxy) is 1. The highest BCUT2D eigenvalue weighted by atomic mass is 35.5. The molecule has 2 aromatic rings. The molecule has 2 saturated heterocycles. The van der Waals surface area contributed by atoms with Gasteiger partial charge in [-0.1, -0.05) is 43.1 Å². The van der Waals surface area contributed by atoms with Crippen molar-refractivity contribution in [3.8, 4) is 0 Å². The van der Waals surface area contributed by atoms with Crippen molar-refractivity contribution in [1.29, 1.82) is 0 Å². The molecule has 3 aliphatic heterocycles. The Morgan fingerprint density at radius 2 is 1.88 bits per heavy atom. The number of nitrogens with one attached hydrogen (secondary N) is 3. The van der Waals surface area contributed by atoms with Gasteiger partial charge >= 0.3 is 0 Å². The fraction of sp³-hybridized carbons (Fsp3) is 0.533. The first-order valence-electron chi connectivity index (χ1n) is 14.3. The molecule has 12 heteroatoms. The van der Waals surface area contributed by atoms with Crippen molar-refractivity contribution in [3.05, 3.63) is 57.6 Å². The van der Waals surface area contributed by atoms with Gasteiger partial charge in [-0.05, 0) is 73.3 Å². The smallest absolute Gasteiger partial charge is 0.246 e. The molecule has 0 unspecified atom stereocenters. The minimum Gasteiger partial charge on any atom is -0.367 e. The summed E-state index contributed by atoms with van der Waals surface area (Å²) >= 11 is 12.5. The minimum atomic E-state index is -1.35. The predicted molar refractivity (Wildman–Crippen MR) is 156 cm³/mol. The summed E-state index contributed by atoms with van der Waals surface area (Å²) in [4.78, 5) is 44.2. The average Bonchev–Trinajstić information content (AvgIpc) is 3.40. The zero-order valence-electron chi connectivity index (χ0n) is 23.4. The van der Waals surface area contributed by atoms with Gasteiger partial charge < -0.3 is 21.1 Å². The highest BCUT2D eigenvalue weighted by molar-refractivity contribution is 6.31. The number of carbonyl (C=O) groups is 3. The normalized spacial score (nSPS) is 31.1. The molecule has 2 spiro atoms. The maximum atomic E-state index is 16.0. The number of rotatable bonds is 4. The molecule has 1 aromatic heterocycles. The van der Waals surface area contributed by atoms with E-state index < -0.39 is 46.6 Å². The third-order valence-electron chi connectivity index (χ3n) is 9.89. The number of amides is 3. The van der Waals surface area contributed by atoms with Gasteiger partial charge in [0, 0.05) is 28.4 Å². The second kappa shape index (κ2) is 10.4. The number of aromatic nitrogens is 1. The Labute approximate surface area is 253 Å². The van der Waals surface area contributed by atoms with Crippen LogP contribution in [0.2, 0.25) is 10.2 Å². The first-order valence-corrected chi connectivity index (χ1v) is 15.0. The van der Waals surface area contributed by atoms with E-state index in [0.29, 0.717) is 42.0 Å². The van der Waals surface area contributed by atoms with Gasteiger partial charge in [0.25, 0.3) is 0 Å². The number of nitrogens with zero attached hydrogens (tertiary/aromatic N) is 1. The third-order valence-corrected chi connectivity index (χ3v) is 10.4. The van der Waals surface area contributed by atoms with Crippen LogP contribution < -0.4 is 21.7 Å². The first kappa shape index (κ1) is 29.3. The van der Waals surface area contributed by atoms with E-state index in [9.17, 15) is 14.4 Å². The molecule has 5 atom stereocenters. The number of pyridine rings is 1. The Balaban J connectivity index is 1.49. The van der Waals surface area contributed by atoms with Crippen molar-refractivity contribution in [2.24, 2.45) is 11.1 Å². The molecular formula is C30H34Cl2FN5O4. The van der Waals surface area contributed by atoms with Crippen LogP contribution in [-0.4, -0.2) is 53.0 Å². The number of carbonyl (C=O) groups excluding carboxylic acids is 3. The fourth-order valence-electron chi connectivity index (χ4n) is 7.71. The summed E-state index contributed by atoms with van der Waals surface area (Å²) in [6, 6.07) is 5.34. The Hall–Kier alpha value is -2.79. The zero-order chi connectivity index (χ0) is 30.0. The summed E-state index contributed by atoms with van der Waals surface area (Å²) in [7, 11) is 0.